The van der Waals surface area contributed by atoms with E-state index in [1.807, 2.05) is 4.98 Å². The van der Waals surface area contributed by atoms with Gasteiger partial charge in [-0.15, -0.1) is 0 Å². The number of halogens is 4. The van der Waals surface area contributed by atoms with Gasteiger partial charge in [0.2, 0.25) is 5.91 Å². The van der Waals surface area contributed by atoms with Crippen LogP contribution in [0.2, 0.25) is 5.02 Å². The first-order valence-corrected chi connectivity index (χ1v) is 7.98. The van der Waals surface area contributed by atoms with E-state index in [2.05, 4.69) is 5.32 Å². The Bertz CT molecular complexity index is 855. The zero-order chi connectivity index (χ0) is 18.2. The summed E-state index contributed by atoms with van der Waals surface area (Å²) in [5.41, 5.74) is -2.36. The molecule has 3 rings (SSSR count). The molecule has 2 aromatic rings. The molecule has 1 aliphatic carbocycles. The van der Waals surface area contributed by atoms with E-state index < -0.39 is 34.3 Å². The molecule has 1 fully saturated rings. The second-order valence-electron chi connectivity index (χ2n) is 6.03. The van der Waals surface area contributed by atoms with E-state index in [0.717, 1.165) is 12.0 Å². The third-order valence-electron chi connectivity index (χ3n) is 4.52. The summed E-state index contributed by atoms with van der Waals surface area (Å²) in [5.74, 6) is -0.495. The molecule has 0 atom stereocenters. The standard InChI is InChI=1S/C17H14ClF3N2O2/c18-12-4-2-10(3-5-12)16(6-1-7-16)15(25)23-13-8-11(17(19,20)21)9-22-14(13)24/h2-5,8-9H,1,6-7H2,(H,22,24)(H,23,25). The lowest BCUT2D eigenvalue weighted by Gasteiger charge is -2.40. The highest BCUT2D eigenvalue weighted by Crippen LogP contribution is 2.44. The maximum absolute atomic E-state index is 12.8. The minimum Gasteiger partial charge on any atom is -0.327 e. The van der Waals surface area contributed by atoms with E-state index in [1.165, 1.54) is 0 Å². The molecule has 8 heteroatoms. The van der Waals surface area contributed by atoms with E-state index >= 15 is 0 Å². The van der Waals surface area contributed by atoms with Gasteiger partial charge in [0, 0.05) is 11.2 Å². The van der Waals surface area contributed by atoms with Crippen LogP contribution in [0, 0.1) is 0 Å². The van der Waals surface area contributed by atoms with Crippen LogP contribution < -0.4 is 10.9 Å². The zero-order valence-electron chi connectivity index (χ0n) is 12.9. The number of aromatic amines is 1. The topological polar surface area (TPSA) is 62.0 Å². The number of pyridine rings is 1. The quantitative estimate of drug-likeness (QED) is 0.854. The maximum atomic E-state index is 12.8. The highest BCUT2D eigenvalue weighted by atomic mass is 35.5. The van der Waals surface area contributed by atoms with E-state index in [4.69, 9.17) is 11.6 Å². The van der Waals surface area contributed by atoms with Crippen LogP contribution in [0.4, 0.5) is 18.9 Å². The predicted molar refractivity (Wildman–Crippen MR) is 87.7 cm³/mol. The Labute approximate surface area is 146 Å². The maximum Gasteiger partial charge on any atom is 0.417 e. The number of carbonyl (C=O) groups is 1. The lowest BCUT2D eigenvalue weighted by atomic mass is 9.64. The van der Waals surface area contributed by atoms with Crippen molar-refractivity contribution in [3.8, 4) is 0 Å². The average molecular weight is 371 g/mol. The van der Waals surface area contributed by atoms with Crippen LogP contribution >= 0.6 is 11.6 Å². The van der Waals surface area contributed by atoms with Gasteiger partial charge in [0.25, 0.3) is 5.56 Å². The van der Waals surface area contributed by atoms with Gasteiger partial charge >= 0.3 is 6.18 Å². The molecular weight excluding hydrogens is 357 g/mol. The van der Waals surface area contributed by atoms with Crippen molar-refractivity contribution in [1.82, 2.24) is 4.98 Å². The van der Waals surface area contributed by atoms with Crippen molar-refractivity contribution in [2.24, 2.45) is 0 Å². The lowest BCUT2D eigenvalue weighted by molar-refractivity contribution is -0.137. The van der Waals surface area contributed by atoms with Gasteiger partial charge in [0.05, 0.1) is 11.0 Å². The SMILES string of the molecule is O=C(Nc1cc(C(F)(F)F)c[nH]c1=O)C1(c2ccc(Cl)cc2)CCC1. The van der Waals surface area contributed by atoms with Crippen LogP contribution in [0.5, 0.6) is 0 Å². The van der Waals surface area contributed by atoms with Crippen molar-refractivity contribution in [1.29, 1.82) is 0 Å². The number of H-pyrrole nitrogens is 1. The molecule has 132 valence electrons. The molecule has 0 bridgehead atoms. The minimum absolute atomic E-state index is 0.417. The Hall–Kier alpha value is -2.28. The fraction of sp³-hybridized carbons (Fsp3) is 0.294. The van der Waals surface area contributed by atoms with Crippen LogP contribution in [0.1, 0.15) is 30.4 Å². The first-order chi connectivity index (χ1) is 11.7. The number of aromatic nitrogens is 1. The Morgan fingerprint density at radius 1 is 1.20 bits per heavy atom. The van der Waals surface area contributed by atoms with E-state index in [0.29, 0.717) is 30.1 Å². The number of benzene rings is 1. The molecule has 1 heterocycles. The van der Waals surface area contributed by atoms with Crippen LogP contribution in [-0.2, 0) is 16.4 Å². The first-order valence-electron chi connectivity index (χ1n) is 7.60. The molecule has 0 radical (unpaired) electrons. The smallest absolute Gasteiger partial charge is 0.327 e. The van der Waals surface area contributed by atoms with E-state index in [9.17, 15) is 22.8 Å². The number of hydrogen-bond donors (Lipinski definition) is 2. The highest BCUT2D eigenvalue weighted by Gasteiger charge is 2.46. The monoisotopic (exact) mass is 370 g/mol. The van der Waals surface area contributed by atoms with Crippen LogP contribution in [0.15, 0.2) is 41.3 Å². The van der Waals surface area contributed by atoms with Crippen LogP contribution in [-0.4, -0.2) is 10.9 Å². The Morgan fingerprint density at radius 3 is 2.36 bits per heavy atom. The van der Waals surface area contributed by atoms with Crippen LogP contribution in [0.25, 0.3) is 0 Å². The molecule has 1 amide bonds. The van der Waals surface area contributed by atoms with Gasteiger partial charge in [-0.2, -0.15) is 13.2 Å². The van der Waals surface area contributed by atoms with Gasteiger partial charge in [-0.05, 0) is 36.6 Å². The van der Waals surface area contributed by atoms with E-state index in [1.54, 1.807) is 24.3 Å². The highest BCUT2D eigenvalue weighted by molar-refractivity contribution is 6.30. The molecule has 0 unspecified atom stereocenters. The summed E-state index contributed by atoms with van der Waals surface area (Å²) in [6.07, 6.45) is -2.12. The van der Waals surface area contributed by atoms with Crippen molar-refractivity contribution in [2.75, 3.05) is 5.32 Å². The average Bonchev–Trinajstić information content (AvgIpc) is 2.49. The van der Waals surface area contributed by atoms with Gasteiger partial charge in [0.15, 0.2) is 0 Å². The summed E-state index contributed by atoms with van der Waals surface area (Å²) in [7, 11) is 0. The molecule has 4 nitrogen and oxygen atoms in total. The Balaban J connectivity index is 1.91. The number of alkyl halides is 3. The molecule has 1 aromatic heterocycles. The van der Waals surface area contributed by atoms with Crippen molar-refractivity contribution in [3.05, 3.63) is 63.0 Å². The molecular formula is C17H14ClF3N2O2. The van der Waals surface area contributed by atoms with E-state index in [-0.39, 0.29) is 0 Å². The normalized spacial score (nSPS) is 16.2. The summed E-state index contributed by atoms with van der Waals surface area (Å²) in [6, 6.07) is 7.39. The summed E-state index contributed by atoms with van der Waals surface area (Å²) in [4.78, 5) is 26.5. The minimum atomic E-state index is -4.62. The molecule has 0 saturated heterocycles. The summed E-state index contributed by atoms with van der Waals surface area (Å²) in [6.45, 7) is 0. The molecule has 2 N–H and O–H groups in total. The second kappa shape index (κ2) is 6.22. The molecule has 25 heavy (non-hydrogen) atoms. The van der Waals surface area contributed by atoms with Crippen LogP contribution in [0.3, 0.4) is 0 Å². The van der Waals surface area contributed by atoms with Crippen molar-refractivity contribution >= 4 is 23.2 Å². The number of carbonyl (C=O) groups excluding carboxylic acids is 1. The van der Waals surface area contributed by atoms with Gasteiger partial charge < -0.3 is 10.3 Å². The molecule has 1 aromatic carbocycles. The number of hydrogen-bond acceptors (Lipinski definition) is 2. The fourth-order valence-electron chi connectivity index (χ4n) is 2.93. The zero-order valence-corrected chi connectivity index (χ0v) is 13.7. The number of rotatable bonds is 3. The molecule has 0 spiro atoms. The fourth-order valence-corrected chi connectivity index (χ4v) is 3.05. The Morgan fingerprint density at radius 2 is 1.84 bits per heavy atom. The largest absolute Gasteiger partial charge is 0.417 e. The number of anilines is 1. The van der Waals surface area contributed by atoms with Gasteiger partial charge in [-0.1, -0.05) is 30.2 Å². The number of nitrogens with one attached hydrogen (secondary N) is 2. The predicted octanol–water partition coefficient (Wildman–Crippen LogP) is 4.11. The summed E-state index contributed by atoms with van der Waals surface area (Å²) < 4.78 is 38.4. The summed E-state index contributed by atoms with van der Waals surface area (Å²) >= 11 is 5.86. The third kappa shape index (κ3) is 3.28. The van der Waals surface area contributed by atoms with Gasteiger partial charge in [-0.3, -0.25) is 9.59 Å². The first kappa shape index (κ1) is 17.5. The molecule has 1 aliphatic rings. The van der Waals surface area contributed by atoms with Crippen molar-refractivity contribution in [3.63, 3.8) is 0 Å². The lowest BCUT2D eigenvalue weighted by Crippen LogP contribution is -2.46. The number of amides is 1. The molecule has 0 aliphatic heterocycles. The van der Waals surface area contributed by atoms with Crippen molar-refractivity contribution < 1.29 is 18.0 Å². The third-order valence-corrected chi connectivity index (χ3v) is 4.77. The summed E-state index contributed by atoms with van der Waals surface area (Å²) in [5, 5.41) is 2.88. The van der Waals surface area contributed by atoms with Gasteiger partial charge in [0.1, 0.15) is 5.69 Å². The van der Waals surface area contributed by atoms with Gasteiger partial charge in [-0.25, -0.2) is 0 Å². The molecule has 1 saturated carbocycles. The van der Waals surface area contributed by atoms with Crippen molar-refractivity contribution in [2.45, 2.75) is 30.9 Å². The Kier molecular flexibility index (Phi) is 4.36. The second-order valence-corrected chi connectivity index (χ2v) is 6.46.